The predicted octanol–water partition coefficient (Wildman–Crippen LogP) is 6.00. The summed E-state index contributed by atoms with van der Waals surface area (Å²) >= 11 is 0. The van der Waals surface area contributed by atoms with Crippen molar-refractivity contribution in [3.05, 3.63) is 65.2 Å². The Morgan fingerprint density at radius 3 is 2.46 bits per heavy atom. The van der Waals surface area contributed by atoms with Crippen LogP contribution in [0.3, 0.4) is 0 Å². The Bertz CT molecular complexity index is 1030. The standard InChI is InChI=1S/C30H37NO4/c1-4-34-29(32)12-6-5-9-21-35-28-11-8-7-10-27(28)22-31(23(2)3)30(33)26-19-17-25(18-20-26)16-15-24-13-14-24/h7-8,10-11,17-20,23-24H,4-6,9,12-14,21-22H2,1-3H3. The van der Waals surface area contributed by atoms with Crippen LogP contribution in [0.2, 0.25) is 0 Å². The number of nitrogens with zero attached hydrogens (tertiary/aromatic N) is 1. The normalized spacial score (nSPS) is 12.6. The lowest BCUT2D eigenvalue weighted by Crippen LogP contribution is -2.36. The topological polar surface area (TPSA) is 55.8 Å². The molecule has 0 radical (unpaired) electrons. The number of hydrogen-bond donors (Lipinski definition) is 0. The van der Waals surface area contributed by atoms with Crippen molar-refractivity contribution >= 4 is 11.9 Å². The summed E-state index contributed by atoms with van der Waals surface area (Å²) in [7, 11) is 0. The van der Waals surface area contributed by atoms with Crippen molar-refractivity contribution in [1.82, 2.24) is 4.90 Å². The third-order valence-electron chi connectivity index (χ3n) is 5.92. The van der Waals surface area contributed by atoms with Crippen molar-refractivity contribution in [3.63, 3.8) is 0 Å². The summed E-state index contributed by atoms with van der Waals surface area (Å²) in [6.45, 7) is 7.34. The highest BCUT2D eigenvalue weighted by molar-refractivity contribution is 5.94. The number of esters is 1. The van der Waals surface area contributed by atoms with Gasteiger partial charge in [-0.05, 0) is 83.2 Å². The summed E-state index contributed by atoms with van der Waals surface area (Å²) in [5.74, 6) is 7.66. The van der Waals surface area contributed by atoms with Gasteiger partial charge in [-0.3, -0.25) is 9.59 Å². The second-order valence-electron chi connectivity index (χ2n) is 9.22. The van der Waals surface area contributed by atoms with E-state index in [0.29, 0.717) is 37.7 Å². The maximum Gasteiger partial charge on any atom is 0.305 e. The zero-order valence-electron chi connectivity index (χ0n) is 21.2. The second kappa shape index (κ2) is 13.6. The Balaban J connectivity index is 1.56. The molecule has 2 aromatic rings. The molecule has 0 saturated heterocycles. The van der Waals surface area contributed by atoms with E-state index in [2.05, 4.69) is 11.8 Å². The Morgan fingerprint density at radius 2 is 1.77 bits per heavy atom. The fourth-order valence-corrected chi connectivity index (χ4v) is 3.69. The van der Waals surface area contributed by atoms with Crippen molar-refractivity contribution < 1.29 is 19.1 Å². The van der Waals surface area contributed by atoms with Crippen molar-refractivity contribution in [2.24, 2.45) is 5.92 Å². The molecule has 1 aliphatic carbocycles. The summed E-state index contributed by atoms with van der Waals surface area (Å²) in [6, 6.07) is 15.5. The molecule has 2 aromatic carbocycles. The number of hydrogen-bond acceptors (Lipinski definition) is 4. The first kappa shape index (κ1) is 26.3. The van der Waals surface area contributed by atoms with Gasteiger partial charge >= 0.3 is 5.97 Å². The van der Waals surface area contributed by atoms with Crippen LogP contribution in [0.5, 0.6) is 5.75 Å². The molecule has 0 spiro atoms. The SMILES string of the molecule is CCOC(=O)CCCCCOc1ccccc1CN(C(=O)c1ccc(C#CC2CC2)cc1)C(C)C. The smallest absolute Gasteiger partial charge is 0.305 e. The number of carbonyl (C=O) groups is 2. The average molecular weight is 476 g/mol. The molecule has 5 nitrogen and oxygen atoms in total. The first-order chi connectivity index (χ1) is 17.0. The van der Waals surface area contributed by atoms with Crippen molar-refractivity contribution in [2.75, 3.05) is 13.2 Å². The Labute approximate surface area is 209 Å². The maximum atomic E-state index is 13.3. The number of unbranched alkanes of at least 4 members (excludes halogenated alkanes) is 2. The third-order valence-corrected chi connectivity index (χ3v) is 5.92. The highest BCUT2D eigenvalue weighted by Gasteiger charge is 2.21. The van der Waals surface area contributed by atoms with Gasteiger partial charge in [0.25, 0.3) is 5.91 Å². The van der Waals surface area contributed by atoms with E-state index in [-0.39, 0.29) is 17.9 Å². The Morgan fingerprint density at radius 1 is 1.03 bits per heavy atom. The lowest BCUT2D eigenvalue weighted by atomic mass is 10.1. The number of rotatable bonds is 12. The van der Waals surface area contributed by atoms with Crippen LogP contribution in [0.1, 0.15) is 80.8 Å². The van der Waals surface area contributed by atoms with Gasteiger partial charge in [-0.25, -0.2) is 0 Å². The molecule has 1 amide bonds. The second-order valence-corrected chi connectivity index (χ2v) is 9.22. The lowest BCUT2D eigenvalue weighted by molar-refractivity contribution is -0.143. The van der Waals surface area contributed by atoms with E-state index in [4.69, 9.17) is 9.47 Å². The van der Waals surface area contributed by atoms with Crippen molar-refractivity contribution in [1.29, 1.82) is 0 Å². The van der Waals surface area contributed by atoms with Crippen LogP contribution >= 0.6 is 0 Å². The number of benzene rings is 2. The number of amides is 1. The van der Waals surface area contributed by atoms with Gasteiger partial charge < -0.3 is 14.4 Å². The molecule has 0 N–H and O–H groups in total. The quantitative estimate of drug-likeness (QED) is 0.215. The molecule has 0 heterocycles. The monoisotopic (exact) mass is 475 g/mol. The molecule has 0 aliphatic heterocycles. The fourth-order valence-electron chi connectivity index (χ4n) is 3.69. The van der Waals surface area contributed by atoms with Crippen LogP contribution in [0.4, 0.5) is 0 Å². The fraction of sp³-hybridized carbons (Fsp3) is 0.467. The molecule has 35 heavy (non-hydrogen) atoms. The minimum absolute atomic E-state index is 0.00419. The first-order valence-electron chi connectivity index (χ1n) is 12.8. The van der Waals surface area contributed by atoms with Gasteiger partial charge in [0.05, 0.1) is 13.2 Å². The van der Waals surface area contributed by atoms with E-state index in [1.807, 2.05) is 74.2 Å². The molecule has 0 unspecified atom stereocenters. The minimum atomic E-state index is -0.141. The summed E-state index contributed by atoms with van der Waals surface area (Å²) < 4.78 is 11.0. The van der Waals surface area contributed by atoms with E-state index in [1.165, 1.54) is 12.8 Å². The summed E-state index contributed by atoms with van der Waals surface area (Å²) in [5, 5.41) is 0. The van der Waals surface area contributed by atoms with Gasteiger partial charge in [0, 0.05) is 41.6 Å². The van der Waals surface area contributed by atoms with Gasteiger partial charge in [-0.15, -0.1) is 0 Å². The number of carbonyl (C=O) groups excluding carboxylic acids is 2. The van der Waals surface area contributed by atoms with E-state index in [1.54, 1.807) is 0 Å². The lowest BCUT2D eigenvalue weighted by Gasteiger charge is -2.28. The molecule has 1 aliphatic rings. The van der Waals surface area contributed by atoms with Gasteiger partial charge in [-0.2, -0.15) is 0 Å². The van der Waals surface area contributed by atoms with Gasteiger partial charge in [-0.1, -0.05) is 30.0 Å². The summed E-state index contributed by atoms with van der Waals surface area (Å²) in [5.41, 5.74) is 2.59. The van der Waals surface area contributed by atoms with Crippen LogP contribution in [0.25, 0.3) is 0 Å². The minimum Gasteiger partial charge on any atom is -0.493 e. The maximum absolute atomic E-state index is 13.3. The molecule has 0 aromatic heterocycles. The average Bonchev–Trinajstić information content (AvgIpc) is 3.68. The van der Waals surface area contributed by atoms with Gasteiger partial charge in [0.2, 0.25) is 0 Å². The predicted molar refractivity (Wildman–Crippen MR) is 138 cm³/mol. The highest BCUT2D eigenvalue weighted by atomic mass is 16.5. The van der Waals surface area contributed by atoms with E-state index in [9.17, 15) is 9.59 Å². The van der Waals surface area contributed by atoms with Crippen molar-refractivity contribution in [3.8, 4) is 17.6 Å². The molecule has 3 rings (SSSR count). The largest absolute Gasteiger partial charge is 0.493 e. The van der Waals surface area contributed by atoms with Crippen LogP contribution in [0.15, 0.2) is 48.5 Å². The molecule has 0 atom stereocenters. The van der Waals surface area contributed by atoms with Gasteiger partial charge in [0.15, 0.2) is 0 Å². The molecular formula is C30H37NO4. The Hall–Kier alpha value is -3.26. The van der Waals surface area contributed by atoms with E-state index in [0.717, 1.165) is 36.1 Å². The number of para-hydroxylation sites is 1. The zero-order chi connectivity index (χ0) is 25.0. The third kappa shape index (κ3) is 8.79. The first-order valence-corrected chi connectivity index (χ1v) is 12.8. The molecule has 1 saturated carbocycles. The summed E-state index contributed by atoms with van der Waals surface area (Å²) in [4.78, 5) is 26.6. The van der Waals surface area contributed by atoms with Crippen LogP contribution in [-0.2, 0) is 16.1 Å². The highest BCUT2D eigenvalue weighted by Crippen LogP contribution is 2.27. The van der Waals surface area contributed by atoms with E-state index >= 15 is 0 Å². The van der Waals surface area contributed by atoms with Crippen LogP contribution < -0.4 is 4.74 Å². The molecule has 0 bridgehead atoms. The van der Waals surface area contributed by atoms with Crippen LogP contribution in [-0.4, -0.2) is 36.0 Å². The Kier molecular flexibility index (Phi) is 10.2. The summed E-state index contributed by atoms with van der Waals surface area (Å²) in [6.07, 6.45) is 5.41. The molecule has 1 fully saturated rings. The van der Waals surface area contributed by atoms with Crippen LogP contribution in [0, 0.1) is 17.8 Å². The molecular weight excluding hydrogens is 438 g/mol. The van der Waals surface area contributed by atoms with Crippen molar-refractivity contribution in [2.45, 2.75) is 71.9 Å². The molecule has 5 heteroatoms. The zero-order valence-corrected chi connectivity index (χ0v) is 21.2. The number of ether oxygens (including phenoxy) is 2. The van der Waals surface area contributed by atoms with E-state index < -0.39 is 0 Å². The van der Waals surface area contributed by atoms with Gasteiger partial charge in [0.1, 0.15) is 5.75 Å². The molecule has 186 valence electrons.